The second kappa shape index (κ2) is 7.31. The summed E-state index contributed by atoms with van der Waals surface area (Å²) >= 11 is 1.31. The summed E-state index contributed by atoms with van der Waals surface area (Å²) in [5, 5.41) is 11.8. The molecule has 0 aliphatic carbocycles. The predicted octanol–water partition coefficient (Wildman–Crippen LogP) is 1.35. The molecule has 1 fully saturated rings. The van der Waals surface area contributed by atoms with E-state index in [-0.39, 0.29) is 17.8 Å². The van der Waals surface area contributed by atoms with Crippen LogP contribution in [-0.4, -0.2) is 40.0 Å². The molecule has 2 N–H and O–H groups in total. The molecule has 108 valence electrons. The van der Waals surface area contributed by atoms with Gasteiger partial charge in [0.25, 0.3) is 5.24 Å². The van der Waals surface area contributed by atoms with Crippen molar-refractivity contribution in [3.05, 3.63) is 35.4 Å². The van der Waals surface area contributed by atoms with Gasteiger partial charge in [0.1, 0.15) is 0 Å². The molecule has 2 amide bonds. The van der Waals surface area contributed by atoms with Crippen molar-refractivity contribution in [3.8, 4) is 0 Å². The first-order chi connectivity index (χ1) is 9.69. The molecule has 20 heavy (non-hydrogen) atoms. The van der Waals surface area contributed by atoms with Gasteiger partial charge in [0.05, 0.1) is 6.61 Å². The summed E-state index contributed by atoms with van der Waals surface area (Å²) in [5.74, 6) is 0.762. The van der Waals surface area contributed by atoms with Gasteiger partial charge in [-0.2, -0.15) is 0 Å². The van der Waals surface area contributed by atoms with Gasteiger partial charge >= 0.3 is 0 Å². The van der Waals surface area contributed by atoms with E-state index in [1.807, 2.05) is 24.3 Å². The molecule has 1 aliphatic rings. The lowest BCUT2D eigenvalue weighted by atomic mass is 10.1. The molecule has 0 bridgehead atoms. The summed E-state index contributed by atoms with van der Waals surface area (Å²) in [7, 11) is 0. The van der Waals surface area contributed by atoms with Crippen LogP contribution < -0.4 is 5.32 Å². The first-order valence-corrected chi connectivity index (χ1v) is 7.54. The lowest BCUT2D eigenvalue weighted by molar-refractivity contribution is -0.121. The van der Waals surface area contributed by atoms with Crippen LogP contribution in [0.15, 0.2) is 24.3 Å². The number of hydrogen-bond acceptors (Lipinski definition) is 4. The zero-order valence-electron chi connectivity index (χ0n) is 11.2. The summed E-state index contributed by atoms with van der Waals surface area (Å²) in [6.45, 7) is 1.71. The third kappa shape index (κ3) is 4.25. The van der Waals surface area contributed by atoms with Crippen molar-refractivity contribution >= 4 is 22.9 Å². The molecule has 6 heteroatoms. The number of rotatable bonds is 6. The average molecular weight is 294 g/mol. The molecule has 0 unspecified atom stereocenters. The first kappa shape index (κ1) is 14.9. The number of aliphatic hydroxyl groups excluding tert-OH is 1. The van der Waals surface area contributed by atoms with Crippen LogP contribution in [0.2, 0.25) is 0 Å². The van der Waals surface area contributed by atoms with Crippen molar-refractivity contribution in [2.45, 2.75) is 19.6 Å². The van der Waals surface area contributed by atoms with Crippen molar-refractivity contribution in [2.75, 3.05) is 18.8 Å². The normalized spacial score (nSPS) is 14.7. The third-order valence-electron chi connectivity index (χ3n) is 3.15. The van der Waals surface area contributed by atoms with Crippen LogP contribution in [0.4, 0.5) is 4.79 Å². The van der Waals surface area contributed by atoms with Gasteiger partial charge in [0.2, 0.25) is 5.91 Å². The zero-order chi connectivity index (χ0) is 14.4. The molecule has 1 aromatic rings. The second-order valence-electron chi connectivity index (χ2n) is 4.60. The number of amides is 2. The van der Waals surface area contributed by atoms with Gasteiger partial charge in [0.15, 0.2) is 0 Å². The molecule has 1 heterocycles. The largest absolute Gasteiger partial charge is 0.392 e. The molecule has 0 radical (unpaired) electrons. The maximum atomic E-state index is 11.7. The van der Waals surface area contributed by atoms with Gasteiger partial charge < -0.3 is 15.3 Å². The Hall–Kier alpha value is -1.53. The minimum absolute atomic E-state index is 0.0223. The number of carbonyl (C=O) groups is 2. The minimum Gasteiger partial charge on any atom is -0.392 e. The average Bonchev–Trinajstić information content (AvgIpc) is 2.89. The summed E-state index contributed by atoms with van der Waals surface area (Å²) < 4.78 is 0. The summed E-state index contributed by atoms with van der Waals surface area (Å²) in [4.78, 5) is 24.8. The smallest absolute Gasteiger partial charge is 0.281 e. The van der Waals surface area contributed by atoms with Crippen LogP contribution in [0.5, 0.6) is 0 Å². The molecule has 5 nitrogen and oxygen atoms in total. The van der Waals surface area contributed by atoms with Gasteiger partial charge in [0, 0.05) is 31.8 Å². The standard InChI is InChI=1S/C14H18N2O3S/c17-10-12-3-1-11(2-4-12)9-15-13(18)5-6-16-7-8-20-14(16)19/h1-4,17H,5-10H2,(H,15,18). The maximum Gasteiger partial charge on any atom is 0.281 e. The van der Waals surface area contributed by atoms with E-state index in [0.29, 0.717) is 19.5 Å². The third-order valence-corrected chi connectivity index (χ3v) is 4.04. The summed E-state index contributed by atoms with van der Waals surface area (Å²) in [6, 6.07) is 7.43. The van der Waals surface area contributed by atoms with Gasteiger partial charge in [-0.05, 0) is 11.1 Å². The molecule has 0 aromatic heterocycles. The van der Waals surface area contributed by atoms with Gasteiger partial charge in [-0.15, -0.1) is 0 Å². The van der Waals surface area contributed by atoms with Crippen molar-refractivity contribution in [1.82, 2.24) is 10.2 Å². The molecular formula is C14H18N2O3S. The van der Waals surface area contributed by atoms with Crippen LogP contribution >= 0.6 is 11.8 Å². The lowest BCUT2D eigenvalue weighted by Gasteiger charge is -2.13. The Labute approximate surface area is 122 Å². The number of aliphatic hydroxyl groups is 1. The van der Waals surface area contributed by atoms with E-state index in [1.165, 1.54) is 11.8 Å². The van der Waals surface area contributed by atoms with Crippen LogP contribution in [0.25, 0.3) is 0 Å². The Balaban J connectivity index is 1.70. The highest BCUT2D eigenvalue weighted by Crippen LogP contribution is 2.16. The monoisotopic (exact) mass is 294 g/mol. The van der Waals surface area contributed by atoms with Crippen LogP contribution in [-0.2, 0) is 17.9 Å². The van der Waals surface area contributed by atoms with Crippen molar-refractivity contribution in [1.29, 1.82) is 0 Å². The van der Waals surface area contributed by atoms with Crippen LogP contribution in [0, 0.1) is 0 Å². The van der Waals surface area contributed by atoms with E-state index < -0.39 is 0 Å². The number of hydrogen-bond donors (Lipinski definition) is 2. The Morgan fingerprint density at radius 2 is 2.00 bits per heavy atom. The zero-order valence-corrected chi connectivity index (χ0v) is 12.0. The highest BCUT2D eigenvalue weighted by Gasteiger charge is 2.21. The topological polar surface area (TPSA) is 69.6 Å². The van der Waals surface area contributed by atoms with E-state index in [1.54, 1.807) is 4.90 Å². The maximum absolute atomic E-state index is 11.7. The molecule has 0 saturated carbocycles. The first-order valence-electron chi connectivity index (χ1n) is 6.56. The minimum atomic E-state index is -0.0547. The Morgan fingerprint density at radius 1 is 1.30 bits per heavy atom. The fraction of sp³-hybridized carbons (Fsp3) is 0.429. The molecule has 1 saturated heterocycles. The van der Waals surface area contributed by atoms with Gasteiger partial charge in [-0.1, -0.05) is 36.0 Å². The van der Waals surface area contributed by atoms with Crippen LogP contribution in [0.3, 0.4) is 0 Å². The Morgan fingerprint density at radius 3 is 2.60 bits per heavy atom. The lowest BCUT2D eigenvalue weighted by Crippen LogP contribution is -2.30. The molecule has 0 spiro atoms. The van der Waals surface area contributed by atoms with Gasteiger partial charge in [-0.25, -0.2) is 0 Å². The SMILES string of the molecule is O=C(CCN1CCSC1=O)NCc1ccc(CO)cc1. The number of nitrogens with one attached hydrogen (secondary N) is 1. The van der Waals surface area contributed by atoms with Crippen molar-refractivity contribution < 1.29 is 14.7 Å². The van der Waals surface area contributed by atoms with Gasteiger partial charge in [-0.3, -0.25) is 9.59 Å². The second-order valence-corrected chi connectivity index (χ2v) is 5.65. The highest BCUT2D eigenvalue weighted by molar-refractivity contribution is 8.13. The molecule has 2 rings (SSSR count). The highest BCUT2D eigenvalue weighted by atomic mass is 32.2. The summed E-state index contributed by atoms with van der Waals surface area (Å²) in [6.07, 6.45) is 0.334. The fourth-order valence-electron chi connectivity index (χ4n) is 1.92. The Bertz CT molecular complexity index is 476. The predicted molar refractivity (Wildman–Crippen MR) is 78.3 cm³/mol. The van der Waals surface area contributed by atoms with Crippen molar-refractivity contribution in [3.63, 3.8) is 0 Å². The van der Waals surface area contributed by atoms with E-state index in [2.05, 4.69) is 5.32 Å². The van der Waals surface area contributed by atoms with E-state index in [9.17, 15) is 9.59 Å². The molecule has 0 atom stereocenters. The van der Waals surface area contributed by atoms with Crippen molar-refractivity contribution in [2.24, 2.45) is 0 Å². The van der Waals surface area contributed by atoms with Crippen LogP contribution in [0.1, 0.15) is 17.5 Å². The Kier molecular flexibility index (Phi) is 5.43. The number of thioether (sulfide) groups is 1. The summed E-state index contributed by atoms with van der Waals surface area (Å²) in [5.41, 5.74) is 1.84. The quantitative estimate of drug-likeness (QED) is 0.831. The fourth-order valence-corrected chi connectivity index (χ4v) is 2.77. The number of benzene rings is 1. The molecule has 1 aliphatic heterocycles. The van der Waals surface area contributed by atoms with E-state index in [0.717, 1.165) is 23.4 Å². The number of nitrogens with zero attached hydrogens (tertiary/aromatic N) is 1. The molecule has 1 aromatic carbocycles. The van der Waals surface area contributed by atoms with E-state index >= 15 is 0 Å². The molecular weight excluding hydrogens is 276 g/mol. The number of carbonyl (C=O) groups excluding carboxylic acids is 2. The van der Waals surface area contributed by atoms with E-state index in [4.69, 9.17) is 5.11 Å².